The van der Waals surface area contributed by atoms with Crippen molar-refractivity contribution in [3.05, 3.63) is 24.3 Å². The van der Waals surface area contributed by atoms with Crippen LogP contribution in [0.5, 0.6) is 0 Å². The number of esters is 3. The summed E-state index contributed by atoms with van der Waals surface area (Å²) in [5.74, 6) is -0.858. The van der Waals surface area contributed by atoms with E-state index in [9.17, 15) is 14.4 Å². The smallest absolute Gasteiger partial charge is 0.306 e. The summed E-state index contributed by atoms with van der Waals surface area (Å²) < 4.78 is 16.8. The van der Waals surface area contributed by atoms with E-state index < -0.39 is 6.10 Å². The summed E-state index contributed by atoms with van der Waals surface area (Å²) in [6.07, 6.45) is 58.8. The Bertz CT molecular complexity index is 1000. The molecule has 364 valence electrons. The molecular weight excluding hydrogens is 769 g/mol. The largest absolute Gasteiger partial charge is 0.462 e. The summed E-state index contributed by atoms with van der Waals surface area (Å²) in [5.41, 5.74) is 0. The van der Waals surface area contributed by atoms with Crippen molar-refractivity contribution in [2.24, 2.45) is 0 Å². The van der Waals surface area contributed by atoms with Gasteiger partial charge in [0.25, 0.3) is 0 Å². The van der Waals surface area contributed by atoms with E-state index in [1.54, 1.807) is 0 Å². The molecular formula is C56H104O6. The normalized spacial score (nSPS) is 12.1. The summed E-state index contributed by atoms with van der Waals surface area (Å²) in [6.45, 7) is 6.63. The van der Waals surface area contributed by atoms with Crippen LogP contribution in [0.1, 0.15) is 297 Å². The van der Waals surface area contributed by atoms with Crippen LogP contribution in [0.2, 0.25) is 0 Å². The highest BCUT2D eigenvalue weighted by Gasteiger charge is 2.19. The van der Waals surface area contributed by atoms with E-state index >= 15 is 0 Å². The van der Waals surface area contributed by atoms with Gasteiger partial charge in [0.1, 0.15) is 13.2 Å². The summed E-state index contributed by atoms with van der Waals surface area (Å²) in [5, 5.41) is 0. The lowest BCUT2D eigenvalue weighted by Crippen LogP contribution is -2.30. The zero-order chi connectivity index (χ0) is 45.1. The van der Waals surface area contributed by atoms with Crippen molar-refractivity contribution >= 4 is 17.9 Å². The van der Waals surface area contributed by atoms with Gasteiger partial charge < -0.3 is 14.2 Å². The Labute approximate surface area is 385 Å². The van der Waals surface area contributed by atoms with Crippen molar-refractivity contribution < 1.29 is 28.6 Å². The first-order valence-electron chi connectivity index (χ1n) is 27.3. The van der Waals surface area contributed by atoms with Crippen molar-refractivity contribution in [2.75, 3.05) is 13.2 Å². The Kier molecular flexibility index (Phi) is 49.8. The fourth-order valence-electron chi connectivity index (χ4n) is 8.06. The minimum absolute atomic E-state index is 0.0677. The van der Waals surface area contributed by atoms with Gasteiger partial charge in [-0.25, -0.2) is 0 Å². The van der Waals surface area contributed by atoms with E-state index in [0.29, 0.717) is 19.3 Å². The molecule has 0 N–H and O–H groups in total. The molecule has 0 amide bonds. The summed E-state index contributed by atoms with van der Waals surface area (Å²) in [6, 6.07) is 0. The molecule has 0 aromatic heterocycles. The molecule has 62 heavy (non-hydrogen) atoms. The fraction of sp³-hybridized carbons (Fsp3) is 0.875. The topological polar surface area (TPSA) is 78.9 Å². The number of unbranched alkanes of at least 4 members (excludes halogenated alkanes) is 35. The number of hydrogen-bond acceptors (Lipinski definition) is 6. The molecule has 0 rings (SSSR count). The van der Waals surface area contributed by atoms with E-state index in [0.717, 1.165) is 64.2 Å². The van der Waals surface area contributed by atoms with Crippen LogP contribution < -0.4 is 0 Å². The average Bonchev–Trinajstić information content (AvgIpc) is 3.27. The zero-order valence-corrected chi connectivity index (χ0v) is 41.7. The lowest BCUT2D eigenvalue weighted by molar-refractivity contribution is -0.167. The van der Waals surface area contributed by atoms with Gasteiger partial charge in [0.05, 0.1) is 0 Å². The SMILES string of the molecule is CCCCC/C=C\C/C=C\CCCCCCCCCCCC(=O)OCC(COC(=O)CCCCCCCCCCC)OC(=O)CCCCCCCCCCCCCCCCCC. The van der Waals surface area contributed by atoms with Gasteiger partial charge in [-0.1, -0.05) is 251 Å². The molecule has 6 heteroatoms. The molecule has 1 atom stereocenters. The molecule has 0 fully saturated rings. The lowest BCUT2D eigenvalue weighted by atomic mass is 10.0. The molecule has 0 aliphatic carbocycles. The number of ether oxygens (including phenoxy) is 3. The van der Waals surface area contributed by atoms with Crippen molar-refractivity contribution in [3.63, 3.8) is 0 Å². The van der Waals surface area contributed by atoms with Crippen LogP contribution in [-0.2, 0) is 28.6 Å². The highest BCUT2D eigenvalue weighted by Crippen LogP contribution is 2.16. The summed E-state index contributed by atoms with van der Waals surface area (Å²) in [4.78, 5) is 38.0. The summed E-state index contributed by atoms with van der Waals surface area (Å²) in [7, 11) is 0. The first kappa shape index (κ1) is 59.9. The third kappa shape index (κ3) is 48.9. The molecule has 0 bridgehead atoms. The maximum Gasteiger partial charge on any atom is 0.306 e. The molecule has 0 radical (unpaired) electrons. The van der Waals surface area contributed by atoms with Crippen LogP contribution in [-0.4, -0.2) is 37.2 Å². The molecule has 6 nitrogen and oxygen atoms in total. The Morgan fingerprint density at radius 2 is 0.581 bits per heavy atom. The van der Waals surface area contributed by atoms with E-state index in [4.69, 9.17) is 14.2 Å². The van der Waals surface area contributed by atoms with Crippen LogP contribution in [0.4, 0.5) is 0 Å². The van der Waals surface area contributed by atoms with Crippen LogP contribution in [0, 0.1) is 0 Å². The van der Waals surface area contributed by atoms with Crippen molar-refractivity contribution in [3.8, 4) is 0 Å². The fourth-order valence-corrected chi connectivity index (χ4v) is 8.06. The quantitative estimate of drug-likeness (QED) is 0.0262. The second-order valence-electron chi connectivity index (χ2n) is 18.5. The van der Waals surface area contributed by atoms with E-state index in [1.807, 2.05) is 0 Å². The van der Waals surface area contributed by atoms with E-state index in [1.165, 1.54) is 193 Å². The number of allylic oxidation sites excluding steroid dienone is 4. The first-order valence-corrected chi connectivity index (χ1v) is 27.3. The molecule has 0 aliphatic heterocycles. The third-order valence-electron chi connectivity index (χ3n) is 12.2. The number of rotatable bonds is 50. The first-order chi connectivity index (χ1) is 30.5. The van der Waals surface area contributed by atoms with Gasteiger partial charge in [-0.2, -0.15) is 0 Å². The minimum Gasteiger partial charge on any atom is -0.462 e. The predicted octanol–water partition coefficient (Wildman–Crippen LogP) is 17.9. The average molecular weight is 873 g/mol. The van der Waals surface area contributed by atoms with Gasteiger partial charge in [0.2, 0.25) is 0 Å². The van der Waals surface area contributed by atoms with Gasteiger partial charge in [-0.05, 0) is 51.4 Å². The van der Waals surface area contributed by atoms with Crippen molar-refractivity contribution in [1.29, 1.82) is 0 Å². The Balaban J connectivity index is 4.25. The molecule has 0 spiro atoms. The molecule has 0 aliphatic rings. The summed E-state index contributed by atoms with van der Waals surface area (Å²) >= 11 is 0. The molecule has 0 aromatic carbocycles. The molecule has 1 unspecified atom stereocenters. The van der Waals surface area contributed by atoms with Gasteiger partial charge in [0, 0.05) is 19.3 Å². The van der Waals surface area contributed by atoms with E-state index in [-0.39, 0.29) is 31.1 Å². The van der Waals surface area contributed by atoms with Crippen LogP contribution in [0.3, 0.4) is 0 Å². The van der Waals surface area contributed by atoms with Gasteiger partial charge in [-0.3, -0.25) is 14.4 Å². The Morgan fingerprint density at radius 1 is 0.323 bits per heavy atom. The zero-order valence-electron chi connectivity index (χ0n) is 41.7. The maximum absolute atomic E-state index is 12.8. The molecule has 0 aromatic rings. The lowest BCUT2D eigenvalue weighted by Gasteiger charge is -2.18. The Morgan fingerprint density at radius 3 is 0.919 bits per heavy atom. The Hall–Kier alpha value is -2.11. The molecule has 0 heterocycles. The number of hydrogen-bond donors (Lipinski definition) is 0. The van der Waals surface area contributed by atoms with Crippen LogP contribution in [0.25, 0.3) is 0 Å². The monoisotopic (exact) mass is 873 g/mol. The standard InChI is InChI=1S/C56H104O6/c1-4-7-10-13-16-19-21-23-25-27-28-29-31-32-34-37-40-43-46-49-55(58)61-52-53(51-60-54(57)48-45-42-39-36-18-15-12-9-6-3)62-56(59)50-47-44-41-38-35-33-30-26-24-22-20-17-14-11-8-5-2/h16,19,23,25,53H,4-15,17-18,20-22,24,26-52H2,1-3H3/b19-16-,25-23-. The molecule has 0 saturated heterocycles. The highest BCUT2D eigenvalue weighted by atomic mass is 16.6. The predicted molar refractivity (Wildman–Crippen MR) is 266 cm³/mol. The minimum atomic E-state index is -0.766. The van der Waals surface area contributed by atoms with Crippen LogP contribution >= 0.6 is 0 Å². The third-order valence-corrected chi connectivity index (χ3v) is 12.2. The second kappa shape index (κ2) is 51.5. The van der Waals surface area contributed by atoms with E-state index in [2.05, 4.69) is 45.1 Å². The van der Waals surface area contributed by atoms with Gasteiger partial charge in [-0.15, -0.1) is 0 Å². The second-order valence-corrected chi connectivity index (χ2v) is 18.5. The number of carbonyl (C=O) groups excluding carboxylic acids is 3. The molecule has 0 saturated carbocycles. The van der Waals surface area contributed by atoms with Crippen LogP contribution in [0.15, 0.2) is 24.3 Å². The number of carbonyl (C=O) groups is 3. The van der Waals surface area contributed by atoms with Crippen molar-refractivity contribution in [1.82, 2.24) is 0 Å². The van der Waals surface area contributed by atoms with Gasteiger partial charge in [0.15, 0.2) is 6.10 Å². The highest BCUT2D eigenvalue weighted by molar-refractivity contribution is 5.71. The van der Waals surface area contributed by atoms with Crippen molar-refractivity contribution in [2.45, 2.75) is 303 Å². The van der Waals surface area contributed by atoms with Gasteiger partial charge >= 0.3 is 17.9 Å². The maximum atomic E-state index is 12.8.